The smallest absolute Gasteiger partial charge is 0.445 e. The van der Waals surface area contributed by atoms with Crippen LogP contribution in [0.25, 0.3) is 0 Å². The van der Waals surface area contributed by atoms with Crippen molar-refractivity contribution in [3.63, 3.8) is 0 Å². The molecule has 0 aromatic carbocycles. The Kier molecular flexibility index (Phi) is 14.4. The van der Waals surface area contributed by atoms with Crippen molar-refractivity contribution in [3.05, 3.63) is 36.0 Å². The summed E-state index contributed by atoms with van der Waals surface area (Å²) in [7, 11) is -5.17. The standard InChI is InChI=1S/C32H52F3NO9SSi2/c1-23(15-16-24(39-5)14-13-17-47(8,9)10)18-27(45-48(11,12)30(2,3)4)26-19-25(40-6)20-31(41-7,43-26)21-28-36-29(22-42-28)44-46(37,38)32(33,34)35/h15-16,18,22,24-27H,14,19-21H2,1-12H3/b16-15+,23-18+/t24-,25-,26-,27-,31+/m1/s1. The van der Waals surface area contributed by atoms with Gasteiger partial charge in [-0.05, 0) is 25.1 Å². The molecule has 1 aromatic rings. The minimum atomic E-state index is -5.93. The van der Waals surface area contributed by atoms with Crippen LogP contribution in [-0.4, -0.2) is 86.8 Å². The zero-order chi connectivity index (χ0) is 36.8. The van der Waals surface area contributed by atoms with Crippen molar-refractivity contribution >= 4 is 26.5 Å². The lowest BCUT2D eigenvalue weighted by Crippen LogP contribution is -2.55. The molecule has 10 nitrogen and oxygen atoms in total. The quantitative estimate of drug-likeness (QED) is 0.0640. The number of nitrogens with zero attached hydrogens (tertiary/aromatic N) is 1. The summed E-state index contributed by atoms with van der Waals surface area (Å²) in [5.74, 6) is 0.830. The molecule has 2 rings (SSSR count). The third-order valence-corrected chi connectivity index (χ3v) is 14.6. The molecule has 0 spiro atoms. The number of aromatic nitrogens is 1. The lowest BCUT2D eigenvalue weighted by atomic mass is 9.92. The lowest BCUT2D eigenvalue weighted by molar-refractivity contribution is -0.297. The van der Waals surface area contributed by atoms with Crippen LogP contribution in [-0.2, 0) is 39.9 Å². The van der Waals surface area contributed by atoms with E-state index in [1.54, 1.807) is 14.2 Å². The number of rotatable bonds is 14. The number of alkyl halides is 3. The number of oxazole rings is 1. The van der Waals surface area contributed by atoms with E-state index in [9.17, 15) is 21.6 Å². The van der Waals surface area contributed by atoms with Gasteiger partial charge >= 0.3 is 15.6 Å². The van der Waals surface area contributed by atoms with E-state index in [-0.39, 0.29) is 36.0 Å². The second kappa shape index (κ2) is 16.4. The largest absolute Gasteiger partial charge is 0.534 e. The first kappa shape index (κ1) is 42.2. The van der Waals surface area contributed by atoms with E-state index in [1.807, 2.05) is 25.2 Å². The summed E-state index contributed by atoms with van der Waals surface area (Å²) in [6, 6.07) is 0. The number of halogens is 3. The third kappa shape index (κ3) is 12.4. The predicted octanol–water partition coefficient (Wildman–Crippen LogP) is 7.16. The normalized spacial score (nSPS) is 23.1. The Bertz CT molecular complexity index is 1440. The molecule has 1 aliphatic rings. The van der Waals surface area contributed by atoms with Crippen molar-refractivity contribution < 1.29 is 53.6 Å². The zero-order valence-corrected chi connectivity index (χ0v) is 32.9. The predicted molar refractivity (Wildman–Crippen MR) is 182 cm³/mol. The summed E-state index contributed by atoms with van der Waals surface area (Å²) in [6.07, 6.45) is 5.99. The molecule has 0 N–H and O–H groups in total. The van der Waals surface area contributed by atoms with Crippen LogP contribution in [0.2, 0.25) is 37.8 Å². The molecule has 0 aliphatic carbocycles. The second-order valence-corrected chi connectivity index (χ2v) is 25.5. The second-order valence-electron chi connectivity index (χ2n) is 14.5. The van der Waals surface area contributed by atoms with Crippen molar-refractivity contribution in [2.75, 3.05) is 21.3 Å². The van der Waals surface area contributed by atoms with Gasteiger partial charge in [0.25, 0.3) is 5.88 Å². The summed E-state index contributed by atoms with van der Waals surface area (Å²) in [6.45, 7) is 19.2. The van der Waals surface area contributed by atoms with Gasteiger partial charge in [0, 0.05) is 40.6 Å². The van der Waals surface area contributed by atoms with Gasteiger partial charge in [-0.3, -0.25) is 0 Å². The van der Waals surface area contributed by atoms with Crippen LogP contribution >= 0.6 is 0 Å². The van der Waals surface area contributed by atoms with Gasteiger partial charge in [0.2, 0.25) is 5.89 Å². The molecule has 0 saturated carbocycles. The van der Waals surface area contributed by atoms with Crippen LogP contribution < -0.4 is 4.18 Å². The van der Waals surface area contributed by atoms with Crippen molar-refractivity contribution in [2.45, 2.75) is 127 Å². The fourth-order valence-corrected chi connectivity index (χ4v) is 6.80. The van der Waals surface area contributed by atoms with Gasteiger partial charge in [-0.15, -0.1) is 11.5 Å². The van der Waals surface area contributed by atoms with Crippen LogP contribution in [0.4, 0.5) is 13.2 Å². The molecule has 1 saturated heterocycles. The first-order chi connectivity index (χ1) is 21.9. The Morgan fingerprint density at radius 3 is 2.33 bits per heavy atom. The van der Waals surface area contributed by atoms with E-state index >= 15 is 0 Å². The Morgan fingerprint density at radius 2 is 1.81 bits per heavy atom. The molecular formula is C32H52F3NO9SSi2. The molecule has 1 aromatic heterocycles. The monoisotopic (exact) mass is 739 g/mol. The van der Waals surface area contributed by atoms with E-state index in [1.165, 1.54) is 7.11 Å². The summed E-state index contributed by atoms with van der Waals surface area (Å²) in [4.78, 5) is 3.81. The Balaban J connectivity index is 2.45. The number of methoxy groups -OCH3 is 3. The highest BCUT2D eigenvalue weighted by atomic mass is 32.2. The highest BCUT2D eigenvalue weighted by Crippen LogP contribution is 2.41. The summed E-state index contributed by atoms with van der Waals surface area (Å²) < 4.78 is 102. The minimum absolute atomic E-state index is 0.127. The molecule has 16 heteroatoms. The first-order valence-corrected chi connectivity index (χ1v) is 23.5. The highest BCUT2D eigenvalue weighted by molar-refractivity contribution is 7.87. The van der Waals surface area contributed by atoms with E-state index in [4.69, 9.17) is 27.8 Å². The van der Waals surface area contributed by atoms with Crippen molar-refractivity contribution in [3.8, 4) is 17.3 Å². The number of hydrogen-bond acceptors (Lipinski definition) is 10. The Hall–Kier alpha value is -1.98. The van der Waals surface area contributed by atoms with E-state index in [2.05, 4.69) is 74.1 Å². The molecule has 274 valence electrons. The summed E-state index contributed by atoms with van der Waals surface area (Å²) in [5.41, 5.74) is -1.36. The molecule has 0 unspecified atom stereocenters. The van der Waals surface area contributed by atoms with Crippen LogP contribution in [0.15, 0.2) is 34.5 Å². The molecule has 2 heterocycles. The van der Waals surface area contributed by atoms with Crippen LogP contribution in [0.5, 0.6) is 5.88 Å². The van der Waals surface area contributed by atoms with E-state index in [0.29, 0.717) is 19.1 Å². The molecule has 0 radical (unpaired) electrons. The topological polar surface area (TPSA) is 116 Å². The number of hydrogen-bond donors (Lipinski definition) is 0. The van der Waals surface area contributed by atoms with Gasteiger partial charge in [0.1, 0.15) is 8.07 Å². The van der Waals surface area contributed by atoms with Crippen molar-refractivity contribution in [1.29, 1.82) is 0 Å². The highest BCUT2D eigenvalue weighted by Gasteiger charge is 2.50. The molecule has 1 fully saturated rings. The molecular weight excluding hydrogens is 688 g/mol. The average Bonchev–Trinajstić information content (AvgIpc) is 3.37. The maximum Gasteiger partial charge on any atom is 0.534 e. The molecule has 1 aliphatic heterocycles. The van der Waals surface area contributed by atoms with Gasteiger partial charge in [-0.2, -0.15) is 26.6 Å². The van der Waals surface area contributed by atoms with Gasteiger partial charge < -0.3 is 32.0 Å². The van der Waals surface area contributed by atoms with E-state index < -0.39 is 55.9 Å². The lowest BCUT2D eigenvalue weighted by Gasteiger charge is -2.47. The van der Waals surface area contributed by atoms with Gasteiger partial charge in [-0.1, -0.05) is 64.2 Å². The summed E-state index contributed by atoms with van der Waals surface area (Å²) >= 11 is 0. The molecule has 48 heavy (non-hydrogen) atoms. The summed E-state index contributed by atoms with van der Waals surface area (Å²) in [5, 5.41) is -0.127. The Morgan fingerprint density at radius 1 is 1.17 bits per heavy atom. The number of ether oxygens (including phenoxy) is 4. The van der Waals surface area contributed by atoms with Gasteiger partial charge in [0.05, 0.1) is 30.8 Å². The maximum absolute atomic E-state index is 12.8. The minimum Gasteiger partial charge on any atom is -0.445 e. The van der Waals surface area contributed by atoms with Crippen molar-refractivity contribution in [1.82, 2.24) is 4.98 Å². The van der Waals surface area contributed by atoms with E-state index in [0.717, 1.165) is 5.57 Å². The van der Waals surface area contributed by atoms with Gasteiger partial charge in [-0.25, -0.2) is 0 Å². The van der Waals surface area contributed by atoms with Crippen molar-refractivity contribution in [2.24, 2.45) is 0 Å². The molecule has 0 bridgehead atoms. The SMILES string of the molecule is CO[C@@H]1C[C@H]([C@@H](/C=C(C)/C=C/[C@@H](CC#C[Si](C)(C)C)OC)O[Si](C)(C)C(C)(C)C)O[C@@](Cc2nc(OS(=O)(=O)C(F)(F)F)co2)(OC)C1. The van der Waals surface area contributed by atoms with Crippen LogP contribution in [0.1, 0.15) is 52.8 Å². The molecule has 5 atom stereocenters. The Labute approximate surface area is 286 Å². The number of allylic oxidation sites excluding steroid dienone is 2. The average molecular weight is 740 g/mol. The maximum atomic E-state index is 12.8. The first-order valence-electron chi connectivity index (χ1n) is 15.6. The van der Waals surface area contributed by atoms with Gasteiger partial charge in [0.15, 0.2) is 20.4 Å². The van der Waals surface area contributed by atoms with Crippen LogP contribution in [0.3, 0.4) is 0 Å². The fraction of sp³-hybridized carbons (Fsp3) is 0.719. The van der Waals surface area contributed by atoms with Crippen LogP contribution in [0, 0.1) is 11.5 Å². The fourth-order valence-electron chi connectivity index (χ4n) is 4.52. The molecule has 0 amide bonds. The third-order valence-electron chi connectivity index (χ3n) is 8.21. The zero-order valence-electron chi connectivity index (χ0n) is 30.1.